The van der Waals surface area contributed by atoms with E-state index in [0.29, 0.717) is 18.7 Å². The summed E-state index contributed by atoms with van der Waals surface area (Å²) >= 11 is 0. The number of anilines is 1. The molecule has 0 fully saturated rings. The number of unbranched alkanes of at least 4 members (excludes halogenated alkanes) is 1. The molecule has 8 heteroatoms. The first-order valence-corrected chi connectivity index (χ1v) is 14.0. The molecule has 0 bridgehead atoms. The maximum atomic E-state index is 13.7. The lowest BCUT2D eigenvalue weighted by Crippen LogP contribution is -2.52. The van der Waals surface area contributed by atoms with E-state index in [1.807, 2.05) is 65.0 Å². The van der Waals surface area contributed by atoms with Gasteiger partial charge in [-0.3, -0.25) is 13.9 Å². The fraction of sp³-hybridized carbons (Fsp3) is 0.481. The Bertz CT molecular complexity index is 1110. The van der Waals surface area contributed by atoms with Gasteiger partial charge in [0.2, 0.25) is 21.8 Å². The predicted molar refractivity (Wildman–Crippen MR) is 142 cm³/mol. The van der Waals surface area contributed by atoms with E-state index >= 15 is 0 Å². The molecule has 2 rings (SSSR count). The van der Waals surface area contributed by atoms with E-state index in [9.17, 15) is 18.0 Å². The smallest absolute Gasteiger partial charge is 0.244 e. The van der Waals surface area contributed by atoms with E-state index in [-0.39, 0.29) is 19.0 Å². The summed E-state index contributed by atoms with van der Waals surface area (Å²) in [5, 5.41) is 2.93. The fourth-order valence-corrected chi connectivity index (χ4v) is 4.65. The van der Waals surface area contributed by atoms with Crippen molar-refractivity contribution in [1.82, 2.24) is 10.2 Å². The maximum absolute atomic E-state index is 13.7. The number of rotatable bonds is 12. The highest BCUT2D eigenvalue weighted by Gasteiger charge is 2.31. The van der Waals surface area contributed by atoms with Crippen LogP contribution in [0.1, 0.15) is 55.4 Å². The molecule has 2 amide bonds. The number of aryl methyl sites for hydroxylation is 3. The number of nitrogens with zero attached hydrogens (tertiary/aromatic N) is 2. The molecule has 0 spiro atoms. The van der Waals surface area contributed by atoms with Crippen molar-refractivity contribution in [3.8, 4) is 0 Å². The van der Waals surface area contributed by atoms with Crippen molar-refractivity contribution in [3.63, 3.8) is 0 Å². The summed E-state index contributed by atoms with van der Waals surface area (Å²) in [6, 6.07) is 12.4. The molecule has 0 aliphatic heterocycles. The molecule has 0 aliphatic carbocycles. The van der Waals surface area contributed by atoms with E-state index in [0.717, 1.165) is 45.7 Å². The third-order valence-corrected chi connectivity index (χ3v) is 7.29. The molecule has 0 heterocycles. The Kier molecular flexibility index (Phi) is 10.3. The molecule has 7 nitrogen and oxygen atoms in total. The lowest BCUT2D eigenvalue weighted by Gasteiger charge is -2.33. The van der Waals surface area contributed by atoms with Crippen molar-refractivity contribution in [2.75, 3.05) is 23.7 Å². The van der Waals surface area contributed by atoms with Crippen molar-refractivity contribution in [1.29, 1.82) is 0 Å². The molecule has 192 valence electrons. The number of nitrogens with one attached hydrogen (secondary N) is 1. The number of carbonyl (C=O) groups excluding carboxylic acids is 2. The van der Waals surface area contributed by atoms with Crippen LogP contribution in [0.4, 0.5) is 5.69 Å². The highest BCUT2D eigenvalue weighted by Crippen LogP contribution is 2.22. The van der Waals surface area contributed by atoms with Crippen LogP contribution in [0.5, 0.6) is 0 Å². The minimum atomic E-state index is -3.74. The van der Waals surface area contributed by atoms with E-state index < -0.39 is 22.0 Å². The summed E-state index contributed by atoms with van der Waals surface area (Å²) in [4.78, 5) is 28.2. The number of benzene rings is 2. The average Bonchev–Trinajstić information content (AvgIpc) is 2.80. The van der Waals surface area contributed by atoms with Crippen LogP contribution in [0, 0.1) is 20.8 Å². The molecule has 1 N–H and O–H groups in total. The first-order chi connectivity index (χ1) is 16.5. The summed E-state index contributed by atoms with van der Waals surface area (Å²) in [5.41, 5.74) is 4.36. The summed E-state index contributed by atoms with van der Waals surface area (Å²) in [7, 11) is -3.74. The molecule has 2 aromatic rings. The average molecular weight is 502 g/mol. The van der Waals surface area contributed by atoms with Crippen LogP contribution in [-0.2, 0) is 26.2 Å². The Morgan fingerprint density at radius 2 is 1.63 bits per heavy atom. The summed E-state index contributed by atoms with van der Waals surface area (Å²) in [6.07, 6.45) is 3.30. The first kappa shape index (κ1) is 28.4. The molecular weight excluding hydrogens is 462 g/mol. The molecule has 0 saturated heterocycles. The summed E-state index contributed by atoms with van der Waals surface area (Å²) < 4.78 is 26.5. The number of amides is 2. The van der Waals surface area contributed by atoms with E-state index in [4.69, 9.17) is 0 Å². The quantitative estimate of drug-likeness (QED) is 0.444. The predicted octanol–water partition coefficient (Wildman–Crippen LogP) is 4.10. The lowest BCUT2D eigenvalue weighted by atomic mass is 10.1. The standard InChI is InChI=1S/C27H39N3O4S/c1-7-9-16-28-27(32)25(8-2)29(18-23-13-10-20(3)11-14-23)26(31)19-30(35(6,33)34)24-15-12-21(4)22(5)17-24/h10-15,17,25H,7-9,16,18-19H2,1-6H3,(H,28,32)/t25-/m1/s1. The minimum Gasteiger partial charge on any atom is -0.354 e. The van der Waals surface area contributed by atoms with Crippen LogP contribution < -0.4 is 9.62 Å². The number of hydrogen-bond acceptors (Lipinski definition) is 4. The van der Waals surface area contributed by atoms with Crippen molar-refractivity contribution >= 4 is 27.5 Å². The van der Waals surface area contributed by atoms with E-state index in [1.165, 1.54) is 4.90 Å². The Morgan fingerprint density at radius 3 is 2.17 bits per heavy atom. The van der Waals surface area contributed by atoms with Crippen molar-refractivity contribution < 1.29 is 18.0 Å². The van der Waals surface area contributed by atoms with Gasteiger partial charge in [-0.1, -0.05) is 56.2 Å². The van der Waals surface area contributed by atoms with Gasteiger partial charge in [-0.05, 0) is 62.4 Å². The van der Waals surface area contributed by atoms with Gasteiger partial charge in [0.15, 0.2) is 0 Å². The van der Waals surface area contributed by atoms with Gasteiger partial charge in [0.05, 0.1) is 11.9 Å². The van der Waals surface area contributed by atoms with Crippen molar-refractivity contribution in [2.24, 2.45) is 0 Å². The highest BCUT2D eigenvalue weighted by atomic mass is 32.2. The van der Waals surface area contributed by atoms with Crippen LogP contribution >= 0.6 is 0 Å². The van der Waals surface area contributed by atoms with Gasteiger partial charge in [-0.25, -0.2) is 8.42 Å². The molecule has 0 saturated carbocycles. The van der Waals surface area contributed by atoms with Crippen LogP contribution in [0.3, 0.4) is 0 Å². The van der Waals surface area contributed by atoms with Gasteiger partial charge in [-0.2, -0.15) is 0 Å². The largest absolute Gasteiger partial charge is 0.354 e. The van der Waals surface area contributed by atoms with Gasteiger partial charge < -0.3 is 10.2 Å². The Labute approximate surface area is 210 Å². The normalized spacial score (nSPS) is 12.2. The minimum absolute atomic E-state index is 0.212. The molecule has 0 aliphatic rings. The molecule has 35 heavy (non-hydrogen) atoms. The monoisotopic (exact) mass is 501 g/mol. The van der Waals surface area contributed by atoms with Crippen LogP contribution in [-0.4, -0.2) is 50.5 Å². The SMILES string of the molecule is CCCCNC(=O)[C@@H](CC)N(Cc1ccc(C)cc1)C(=O)CN(c1ccc(C)c(C)c1)S(C)(=O)=O. The molecule has 2 aromatic carbocycles. The summed E-state index contributed by atoms with van der Waals surface area (Å²) in [6.45, 7) is 10.1. The number of sulfonamides is 1. The topological polar surface area (TPSA) is 86.8 Å². The van der Waals surface area contributed by atoms with Crippen LogP contribution in [0.2, 0.25) is 0 Å². The third kappa shape index (κ3) is 8.09. The maximum Gasteiger partial charge on any atom is 0.244 e. The van der Waals surface area contributed by atoms with E-state index in [1.54, 1.807) is 12.1 Å². The molecule has 0 aromatic heterocycles. The van der Waals surface area contributed by atoms with Crippen LogP contribution in [0.25, 0.3) is 0 Å². The first-order valence-electron chi connectivity index (χ1n) is 12.2. The summed E-state index contributed by atoms with van der Waals surface area (Å²) in [5.74, 6) is -0.648. The van der Waals surface area contributed by atoms with Crippen molar-refractivity contribution in [3.05, 3.63) is 64.7 Å². The zero-order valence-corrected chi connectivity index (χ0v) is 22.6. The second-order valence-corrected chi connectivity index (χ2v) is 11.0. The van der Waals surface area contributed by atoms with Gasteiger partial charge in [0, 0.05) is 13.1 Å². The van der Waals surface area contributed by atoms with Gasteiger partial charge in [0.25, 0.3) is 0 Å². The molecule has 0 unspecified atom stereocenters. The highest BCUT2D eigenvalue weighted by molar-refractivity contribution is 7.92. The number of carbonyl (C=O) groups is 2. The molecule has 0 radical (unpaired) electrons. The van der Waals surface area contributed by atoms with Crippen molar-refractivity contribution in [2.45, 2.75) is 66.5 Å². The second-order valence-electron chi connectivity index (χ2n) is 9.11. The Morgan fingerprint density at radius 1 is 0.971 bits per heavy atom. The van der Waals surface area contributed by atoms with Gasteiger partial charge in [0.1, 0.15) is 12.6 Å². The lowest BCUT2D eigenvalue weighted by molar-refractivity contribution is -0.140. The number of hydrogen-bond donors (Lipinski definition) is 1. The molecular formula is C27H39N3O4S. The van der Waals surface area contributed by atoms with Gasteiger partial charge >= 0.3 is 0 Å². The zero-order valence-electron chi connectivity index (χ0n) is 21.8. The van der Waals surface area contributed by atoms with Crippen LogP contribution in [0.15, 0.2) is 42.5 Å². The van der Waals surface area contributed by atoms with E-state index in [2.05, 4.69) is 5.32 Å². The Hall–Kier alpha value is -2.87. The van der Waals surface area contributed by atoms with Gasteiger partial charge in [-0.15, -0.1) is 0 Å². The zero-order chi connectivity index (χ0) is 26.2. The molecule has 1 atom stereocenters. The fourth-order valence-electron chi connectivity index (χ4n) is 3.81. The Balaban J connectivity index is 2.41. The third-order valence-electron chi connectivity index (χ3n) is 6.15. The second kappa shape index (κ2) is 12.7.